The third kappa shape index (κ3) is 3.93. The number of rotatable bonds is 5. The Balaban J connectivity index is 2.71. The summed E-state index contributed by atoms with van der Waals surface area (Å²) in [6.07, 6.45) is 0. The van der Waals surface area contributed by atoms with Crippen LogP contribution in [0.3, 0.4) is 0 Å². The molecule has 0 spiro atoms. The van der Waals surface area contributed by atoms with Crippen LogP contribution in [0.15, 0.2) is 29.2 Å². The van der Waals surface area contributed by atoms with E-state index in [1.807, 2.05) is 0 Å². The Morgan fingerprint density at radius 1 is 1.31 bits per heavy atom. The van der Waals surface area contributed by atoms with Crippen LogP contribution in [0.4, 0.5) is 0 Å². The second kappa shape index (κ2) is 5.43. The summed E-state index contributed by atoms with van der Waals surface area (Å²) in [5.41, 5.74) is 0. The normalized spacial score (nSPS) is 11.1. The van der Waals surface area contributed by atoms with E-state index in [0.29, 0.717) is 0 Å². The predicted octanol–water partition coefficient (Wildman–Crippen LogP) is 1.27. The first-order valence-corrected chi connectivity index (χ1v) is 6.90. The Hall–Kier alpha value is -0.900. The SMILES string of the molecule is O=[N+]([O-])OCCS(=O)(=O)c1ccc(I)cc1. The molecule has 0 bridgehead atoms. The molecule has 0 aliphatic rings. The number of nitrogens with zero attached hydrogens (tertiary/aromatic N) is 1. The van der Waals surface area contributed by atoms with Crippen molar-refractivity contribution in [1.29, 1.82) is 0 Å². The summed E-state index contributed by atoms with van der Waals surface area (Å²) >= 11 is 2.05. The van der Waals surface area contributed by atoms with E-state index in [4.69, 9.17) is 0 Å². The number of sulfone groups is 1. The minimum absolute atomic E-state index is 0.139. The topological polar surface area (TPSA) is 86.5 Å². The van der Waals surface area contributed by atoms with Crippen molar-refractivity contribution < 1.29 is 18.3 Å². The second-order valence-electron chi connectivity index (χ2n) is 2.83. The molecule has 0 atom stereocenters. The van der Waals surface area contributed by atoms with Crippen LogP contribution in [0.25, 0.3) is 0 Å². The van der Waals surface area contributed by atoms with Crippen molar-refractivity contribution >= 4 is 32.4 Å². The molecule has 0 N–H and O–H groups in total. The molecule has 0 saturated carbocycles. The van der Waals surface area contributed by atoms with Gasteiger partial charge in [-0.25, -0.2) is 8.42 Å². The first-order valence-electron chi connectivity index (χ1n) is 4.17. The van der Waals surface area contributed by atoms with Crippen molar-refractivity contribution in [3.63, 3.8) is 0 Å². The Morgan fingerprint density at radius 3 is 2.38 bits per heavy atom. The summed E-state index contributed by atoms with van der Waals surface area (Å²) in [5, 5.41) is 8.84. The van der Waals surface area contributed by atoms with Gasteiger partial charge in [0.15, 0.2) is 9.84 Å². The molecule has 1 rings (SSSR count). The highest BCUT2D eigenvalue weighted by atomic mass is 127. The molecule has 1 aromatic carbocycles. The molecule has 88 valence electrons. The van der Waals surface area contributed by atoms with Crippen molar-refractivity contribution in [2.24, 2.45) is 0 Å². The van der Waals surface area contributed by atoms with Gasteiger partial charge in [0.05, 0.1) is 10.6 Å². The van der Waals surface area contributed by atoms with Crippen LogP contribution < -0.4 is 0 Å². The lowest BCUT2D eigenvalue weighted by Crippen LogP contribution is -2.14. The second-order valence-corrected chi connectivity index (χ2v) is 6.18. The minimum atomic E-state index is -3.51. The van der Waals surface area contributed by atoms with E-state index in [2.05, 4.69) is 27.4 Å². The van der Waals surface area contributed by atoms with Crippen molar-refractivity contribution in [3.05, 3.63) is 37.9 Å². The minimum Gasteiger partial charge on any atom is -0.313 e. The van der Waals surface area contributed by atoms with Gasteiger partial charge in [0.2, 0.25) is 0 Å². The third-order valence-corrected chi connectivity index (χ3v) is 4.14. The van der Waals surface area contributed by atoms with Gasteiger partial charge in [0.1, 0.15) is 6.61 Å². The Kier molecular flexibility index (Phi) is 4.47. The van der Waals surface area contributed by atoms with Gasteiger partial charge < -0.3 is 4.84 Å². The van der Waals surface area contributed by atoms with E-state index in [9.17, 15) is 18.5 Å². The molecule has 0 amide bonds. The van der Waals surface area contributed by atoms with Gasteiger partial charge in [0.25, 0.3) is 5.09 Å². The molecule has 8 heteroatoms. The predicted molar refractivity (Wildman–Crippen MR) is 64.2 cm³/mol. The van der Waals surface area contributed by atoms with Gasteiger partial charge in [-0.05, 0) is 46.9 Å². The van der Waals surface area contributed by atoms with Gasteiger partial charge in [0, 0.05) is 3.57 Å². The maximum absolute atomic E-state index is 11.6. The zero-order valence-corrected chi connectivity index (χ0v) is 11.0. The number of benzene rings is 1. The average molecular weight is 357 g/mol. The molecule has 16 heavy (non-hydrogen) atoms. The standard InChI is InChI=1S/C8H8INO5S/c9-7-1-3-8(4-2-7)16(13,14)6-5-15-10(11)12/h1-4H,5-6H2. The fourth-order valence-electron chi connectivity index (χ4n) is 0.981. The zero-order chi connectivity index (χ0) is 12.2. The van der Waals surface area contributed by atoms with Gasteiger partial charge in [-0.15, -0.1) is 10.1 Å². The van der Waals surface area contributed by atoms with E-state index in [1.54, 1.807) is 12.1 Å². The molecule has 0 aliphatic heterocycles. The fraction of sp³-hybridized carbons (Fsp3) is 0.250. The highest BCUT2D eigenvalue weighted by Gasteiger charge is 2.14. The van der Waals surface area contributed by atoms with E-state index in [1.165, 1.54) is 12.1 Å². The highest BCUT2D eigenvalue weighted by Crippen LogP contribution is 2.13. The van der Waals surface area contributed by atoms with E-state index < -0.39 is 27.3 Å². The molecule has 0 aliphatic carbocycles. The molecular formula is C8H8INO5S. The van der Waals surface area contributed by atoms with E-state index >= 15 is 0 Å². The van der Waals surface area contributed by atoms with Crippen LogP contribution in [0.1, 0.15) is 0 Å². The molecule has 0 unspecified atom stereocenters. The van der Waals surface area contributed by atoms with Crippen LogP contribution in [-0.4, -0.2) is 25.9 Å². The number of halogens is 1. The van der Waals surface area contributed by atoms with Crippen molar-refractivity contribution in [2.75, 3.05) is 12.4 Å². The Morgan fingerprint density at radius 2 is 1.88 bits per heavy atom. The van der Waals surface area contributed by atoms with Crippen LogP contribution in [0.2, 0.25) is 0 Å². The lowest BCUT2D eigenvalue weighted by atomic mass is 10.4. The fourth-order valence-corrected chi connectivity index (χ4v) is 2.42. The smallest absolute Gasteiger partial charge is 0.294 e. The lowest BCUT2D eigenvalue weighted by Gasteiger charge is -2.03. The summed E-state index contributed by atoms with van der Waals surface area (Å²) in [6, 6.07) is 6.23. The largest absolute Gasteiger partial charge is 0.313 e. The first-order chi connectivity index (χ1) is 7.42. The maximum atomic E-state index is 11.6. The third-order valence-electron chi connectivity index (χ3n) is 1.72. The van der Waals surface area contributed by atoms with Gasteiger partial charge in [-0.2, -0.15) is 0 Å². The molecule has 0 saturated heterocycles. The Bertz CT molecular complexity index is 470. The molecule has 1 aromatic rings. The number of hydrogen-bond donors (Lipinski definition) is 0. The monoisotopic (exact) mass is 357 g/mol. The zero-order valence-electron chi connectivity index (χ0n) is 8.00. The van der Waals surface area contributed by atoms with Crippen LogP contribution in [0.5, 0.6) is 0 Å². The summed E-state index contributed by atoms with van der Waals surface area (Å²) in [4.78, 5) is 14.0. The molecule has 0 fully saturated rings. The molecule has 6 nitrogen and oxygen atoms in total. The van der Waals surface area contributed by atoms with Gasteiger partial charge in [-0.1, -0.05) is 0 Å². The van der Waals surface area contributed by atoms with Crippen LogP contribution in [0, 0.1) is 13.7 Å². The summed E-state index contributed by atoms with van der Waals surface area (Å²) in [5.74, 6) is -0.408. The van der Waals surface area contributed by atoms with E-state index in [-0.39, 0.29) is 4.90 Å². The molecule has 0 heterocycles. The van der Waals surface area contributed by atoms with E-state index in [0.717, 1.165) is 3.57 Å². The number of hydrogen-bond acceptors (Lipinski definition) is 5. The molecule has 0 aromatic heterocycles. The quantitative estimate of drug-likeness (QED) is 0.450. The van der Waals surface area contributed by atoms with Gasteiger partial charge in [-0.3, -0.25) is 0 Å². The summed E-state index contributed by atoms with van der Waals surface area (Å²) in [7, 11) is -3.51. The van der Waals surface area contributed by atoms with Crippen molar-refractivity contribution in [1.82, 2.24) is 0 Å². The lowest BCUT2D eigenvalue weighted by molar-refractivity contribution is -0.756. The maximum Gasteiger partial charge on any atom is 0.294 e. The van der Waals surface area contributed by atoms with Crippen LogP contribution in [-0.2, 0) is 14.7 Å². The summed E-state index contributed by atoms with van der Waals surface area (Å²) in [6.45, 7) is -0.457. The average Bonchev–Trinajstić information content (AvgIpc) is 2.17. The van der Waals surface area contributed by atoms with Crippen LogP contribution >= 0.6 is 22.6 Å². The Labute approximate surface area is 106 Å². The summed E-state index contributed by atoms with van der Waals surface area (Å²) < 4.78 is 24.2. The van der Waals surface area contributed by atoms with Crippen molar-refractivity contribution in [3.8, 4) is 0 Å². The van der Waals surface area contributed by atoms with Gasteiger partial charge >= 0.3 is 0 Å². The molecule has 0 radical (unpaired) electrons. The van der Waals surface area contributed by atoms with Crippen molar-refractivity contribution in [2.45, 2.75) is 4.90 Å². The highest BCUT2D eigenvalue weighted by molar-refractivity contribution is 14.1. The first kappa shape index (κ1) is 13.2. The molecular weight excluding hydrogens is 349 g/mol.